The first-order valence-corrected chi connectivity index (χ1v) is 30.3. The van der Waals surface area contributed by atoms with Crippen LogP contribution in [0.15, 0.2) is 144 Å². The van der Waals surface area contributed by atoms with Crippen LogP contribution in [0.5, 0.6) is 0 Å². The van der Waals surface area contributed by atoms with Crippen LogP contribution in [0.3, 0.4) is 0 Å². The number of carbonyl (C=O) groups excluding carboxylic acids is 1. The number of rotatable bonds is 24. The molecule has 80 heavy (non-hydrogen) atoms. The molecular weight excluding hydrogens is 981 g/mol. The van der Waals surface area contributed by atoms with Crippen LogP contribution in [-0.2, 0) is 33.9 Å². The Kier molecular flexibility index (Phi) is 16.3. The van der Waals surface area contributed by atoms with E-state index in [1.807, 2.05) is 12.1 Å². The van der Waals surface area contributed by atoms with Gasteiger partial charge in [-0.05, 0) is 156 Å². The second-order valence-electron chi connectivity index (χ2n) is 24.9. The molecule has 0 saturated carbocycles. The average Bonchev–Trinajstić information content (AvgIpc) is 3.91. The summed E-state index contributed by atoms with van der Waals surface area (Å²) in [5, 5.41) is 23.9. The van der Waals surface area contributed by atoms with Crippen molar-refractivity contribution < 1.29 is 24.4 Å². The van der Waals surface area contributed by atoms with Gasteiger partial charge in [-0.25, -0.2) is 4.79 Å². The monoisotopic (exact) mass is 1060 g/mol. The molecule has 6 aromatic rings. The maximum atomic E-state index is 14.0. The first-order chi connectivity index (χ1) is 38.5. The Morgan fingerprint density at radius 1 is 0.525 bits per heavy atom. The number of ketones is 1. The first-order valence-electron chi connectivity index (χ1n) is 30.3. The number of unbranched alkanes of at least 4 members (excludes halogenated alkanes) is 11. The number of aromatic carboxylic acids is 1. The third kappa shape index (κ3) is 10.6. The molecule has 0 saturated heterocycles. The number of nitrogens with zero attached hydrogens (tertiary/aromatic N) is 2. The van der Waals surface area contributed by atoms with Crippen LogP contribution >= 0.6 is 0 Å². The number of carboxylic acids is 1. The van der Waals surface area contributed by atoms with Crippen molar-refractivity contribution in [2.24, 2.45) is 0 Å². The standard InChI is InChI=1S/C74H84N2O4/c1-10-13-16-19-20-23-42-75-67-41-31-52(71(79)80)45-66(67)74(8,9)68(75)48-61-69(77)60(70(61)78)38-28-49-26-32-53(33-27-49)76(54-34-39-58-56-36-29-50(24-21-17-14-11-2)43-62(56)72(4,5)64(58)46-54)55-35-40-59-57-37-30-51(25-22-18-15-12-3)44-63(57)73(6,7)65(59)47-55/h26-41,43-48H,10-25,42H2,1-9H3,(H-,77,78,79,80). The van der Waals surface area contributed by atoms with Crippen molar-refractivity contribution in [2.45, 2.75) is 181 Å². The summed E-state index contributed by atoms with van der Waals surface area (Å²) in [6.07, 6.45) is 24.4. The maximum absolute atomic E-state index is 14.0. The Bertz CT molecular complexity index is 3360. The van der Waals surface area contributed by atoms with Gasteiger partial charge in [-0.2, -0.15) is 4.58 Å². The Hall–Kier alpha value is -7.05. The lowest BCUT2D eigenvalue weighted by Crippen LogP contribution is -2.34. The van der Waals surface area contributed by atoms with E-state index in [2.05, 4.69) is 169 Å². The van der Waals surface area contributed by atoms with Crippen LogP contribution in [-0.4, -0.2) is 33.7 Å². The highest BCUT2D eigenvalue weighted by Crippen LogP contribution is 2.54. The van der Waals surface area contributed by atoms with E-state index in [4.69, 9.17) is 0 Å². The van der Waals surface area contributed by atoms with Crippen LogP contribution in [0.1, 0.15) is 207 Å². The Morgan fingerprint density at radius 3 is 1.51 bits per heavy atom. The van der Waals surface area contributed by atoms with E-state index < -0.39 is 11.4 Å². The van der Waals surface area contributed by atoms with Gasteiger partial charge in [-0.15, -0.1) is 0 Å². The zero-order valence-corrected chi connectivity index (χ0v) is 49.3. The maximum Gasteiger partial charge on any atom is 0.335 e. The zero-order chi connectivity index (χ0) is 56.5. The van der Waals surface area contributed by atoms with Gasteiger partial charge in [-0.1, -0.05) is 191 Å². The van der Waals surface area contributed by atoms with Gasteiger partial charge >= 0.3 is 5.97 Å². The molecule has 0 amide bonds. The topological polar surface area (TPSA) is 83.7 Å². The number of carbonyl (C=O) groups is 2. The van der Waals surface area contributed by atoms with Crippen LogP contribution < -0.4 is 10.0 Å². The summed E-state index contributed by atoms with van der Waals surface area (Å²) >= 11 is 0. The summed E-state index contributed by atoms with van der Waals surface area (Å²) in [7, 11) is 0. The van der Waals surface area contributed by atoms with Crippen molar-refractivity contribution in [3.63, 3.8) is 0 Å². The molecule has 6 nitrogen and oxygen atoms in total. The van der Waals surface area contributed by atoms with Crippen molar-refractivity contribution in [1.82, 2.24) is 0 Å². The molecule has 1 N–H and O–H groups in total. The molecule has 10 rings (SSSR count). The van der Waals surface area contributed by atoms with E-state index in [1.54, 1.807) is 24.3 Å². The number of aryl methyl sites for hydroxylation is 2. The van der Waals surface area contributed by atoms with Crippen LogP contribution in [0.4, 0.5) is 22.7 Å². The lowest BCUT2D eigenvalue weighted by atomic mass is 9.78. The van der Waals surface area contributed by atoms with Gasteiger partial charge < -0.3 is 15.1 Å². The molecule has 4 aliphatic rings. The average molecular weight is 1070 g/mol. The van der Waals surface area contributed by atoms with Gasteiger partial charge in [-0.3, -0.25) is 4.79 Å². The van der Waals surface area contributed by atoms with Gasteiger partial charge in [0.15, 0.2) is 11.5 Å². The van der Waals surface area contributed by atoms with Gasteiger partial charge in [0.2, 0.25) is 5.69 Å². The van der Waals surface area contributed by atoms with E-state index in [9.17, 15) is 19.8 Å². The Labute approximate surface area is 477 Å². The van der Waals surface area contributed by atoms with Crippen molar-refractivity contribution in [3.8, 4) is 22.3 Å². The van der Waals surface area contributed by atoms with E-state index in [0.717, 1.165) is 78.2 Å². The molecule has 0 fully saturated rings. The van der Waals surface area contributed by atoms with Crippen molar-refractivity contribution in [3.05, 3.63) is 194 Å². The Morgan fingerprint density at radius 2 is 1.00 bits per heavy atom. The Balaban J connectivity index is 0.963. The van der Waals surface area contributed by atoms with E-state index >= 15 is 0 Å². The largest absolute Gasteiger partial charge is 0.871 e. The van der Waals surface area contributed by atoms with Gasteiger partial charge in [0, 0.05) is 63.2 Å². The van der Waals surface area contributed by atoms with E-state index in [0.29, 0.717) is 0 Å². The lowest BCUT2D eigenvalue weighted by Gasteiger charge is -2.30. The number of anilines is 3. The highest BCUT2D eigenvalue weighted by molar-refractivity contribution is 6.24. The highest BCUT2D eigenvalue weighted by Gasteiger charge is 2.46. The van der Waals surface area contributed by atoms with Crippen LogP contribution in [0.25, 0.3) is 28.3 Å². The molecule has 0 aromatic heterocycles. The molecule has 0 spiro atoms. The second-order valence-corrected chi connectivity index (χ2v) is 24.9. The molecule has 0 unspecified atom stereocenters. The van der Waals surface area contributed by atoms with Crippen molar-refractivity contribution in [2.75, 3.05) is 11.4 Å². The smallest absolute Gasteiger partial charge is 0.335 e. The minimum absolute atomic E-state index is 0.169. The first kappa shape index (κ1) is 56.2. The molecule has 1 aliphatic heterocycles. The van der Waals surface area contributed by atoms with Crippen LogP contribution in [0.2, 0.25) is 0 Å². The number of hydrogen-bond acceptors (Lipinski definition) is 4. The SMILES string of the molecule is CCCCCCCC[N+]1=C(/C=C2/C(=O)C(/C=C/c3ccc(N(c4ccc5c(c4)C(C)(C)c4cc(CCCCCC)ccc4-5)c4ccc5c(c4)C(C)(C)c4cc(CCCCCC)ccc4-5)cc3)=C2[O-])C(C)(C)c2cc(C(=O)O)ccc21. The predicted octanol–water partition coefficient (Wildman–Crippen LogP) is 18.3. The minimum Gasteiger partial charge on any atom is -0.871 e. The van der Waals surface area contributed by atoms with Gasteiger partial charge in [0.25, 0.3) is 0 Å². The number of carboxylic acid groups (broad SMARTS) is 1. The number of Topliss-reactive ketones (excluding diaryl/α,β-unsaturated/α-hetero) is 1. The summed E-state index contributed by atoms with van der Waals surface area (Å²) in [4.78, 5) is 28.5. The normalized spacial score (nSPS) is 16.5. The fourth-order valence-electron chi connectivity index (χ4n) is 13.4. The number of allylic oxidation sites excluding steroid dienone is 4. The molecule has 414 valence electrons. The molecule has 0 bridgehead atoms. The third-order valence-electron chi connectivity index (χ3n) is 18.3. The highest BCUT2D eigenvalue weighted by atomic mass is 16.4. The number of hydrogen-bond donors (Lipinski definition) is 1. The second kappa shape index (κ2) is 23.2. The molecule has 0 radical (unpaired) electrons. The zero-order valence-electron chi connectivity index (χ0n) is 49.3. The molecule has 6 heteroatoms. The van der Waals surface area contributed by atoms with E-state index in [1.165, 1.54) is 126 Å². The van der Waals surface area contributed by atoms with Crippen molar-refractivity contribution >= 4 is 46.3 Å². The predicted molar refractivity (Wildman–Crippen MR) is 331 cm³/mol. The van der Waals surface area contributed by atoms with E-state index in [-0.39, 0.29) is 39.1 Å². The summed E-state index contributed by atoms with van der Waals surface area (Å²) in [5.41, 5.74) is 19.9. The molecular formula is C74H84N2O4. The van der Waals surface area contributed by atoms with Crippen LogP contribution in [0, 0.1) is 0 Å². The minimum atomic E-state index is -0.979. The molecule has 3 aliphatic carbocycles. The molecule has 1 heterocycles. The fraction of sp³-hybridized carbons (Fsp3) is 0.392. The lowest BCUT2D eigenvalue weighted by molar-refractivity contribution is -0.438. The summed E-state index contributed by atoms with van der Waals surface area (Å²) in [5.74, 6) is -1.52. The summed E-state index contributed by atoms with van der Waals surface area (Å²) in [6.45, 7) is 21.1. The summed E-state index contributed by atoms with van der Waals surface area (Å²) < 4.78 is 2.20. The quantitative estimate of drug-likeness (QED) is 0.0371. The summed E-state index contributed by atoms with van der Waals surface area (Å²) in [6, 6.07) is 42.2. The molecule has 0 atom stereocenters. The number of fused-ring (bicyclic) bond motifs is 7. The van der Waals surface area contributed by atoms with Crippen molar-refractivity contribution in [1.29, 1.82) is 0 Å². The molecule has 6 aromatic carbocycles. The third-order valence-corrected chi connectivity index (χ3v) is 18.3. The van der Waals surface area contributed by atoms with Gasteiger partial charge in [0.05, 0.1) is 11.0 Å². The number of benzene rings is 6. The van der Waals surface area contributed by atoms with Gasteiger partial charge in [0.1, 0.15) is 6.54 Å². The fourth-order valence-corrected chi connectivity index (χ4v) is 13.4.